The molecule has 3 N–H and O–H groups in total. The lowest BCUT2D eigenvalue weighted by Gasteiger charge is -2.26. The van der Waals surface area contributed by atoms with Crippen LogP contribution >= 0.6 is 24.0 Å². The summed E-state index contributed by atoms with van der Waals surface area (Å²) in [5, 5.41) is 0.330. The quantitative estimate of drug-likeness (QED) is 0.786. The molecule has 0 radical (unpaired) electrons. The molecule has 0 atom stereocenters. The van der Waals surface area contributed by atoms with E-state index in [-0.39, 0.29) is 29.6 Å². The first-order chi connectivity index (χ1) is 9.28. The molecule has 0 aliphatic carbocycles. The minimum absolute atomic E-state index is 0. The number of ether oxygens (including phenoxy) is 1. The molecule has 21 heavy (non-hydrogen) atoms. The summed E-state index contributed by atoms with van der Waals surface area (Å²) >= 11 is 5.85. The third-order valence-electron chi connectivity index (χ3n) is 3.44. The van der Waals surface area contributed by atoms with E-state index in [4.69, 9.17) is 22.1 Å². The molecule has 0 aliphatic rings. The summed E-state index contributed by atoms with van der Waals surface area (Å²) in [6.45, 7) is 4.02. The zero-order chi connectivity index (χ0) is 15.4. The normalized spacial score (nSPS) is 11.9. The van der Waals surface area contributed by atoms with E-state index in [9.17, 15) is 8.42 Å². The third-order valence-corrected chi connectivity index (χ3v) is 5.10. The number of hydrogen-bond donors (Lipinski definition) is 2. The van der Waals surface area contributed by atoms with E-state index in [1.807, 2.05) is 13.8 Å². The average Bonchev–Trinajstić information content (AvgIpc) is 2.45. The van der Waals surface area contributed by atoms with Gasteiger partial charge in [-0.3, -0.25) is 0 Å². The van der Waals surface area contributed by atoms with Crippen molar-refractivity contribution < 1.29 is 13.2 Å². The fourth-order valence-electron chi connectivity index (χ4n) is 1.68. The lowest BCUT2D eigenvalue weighted by atomic mass is 9.95. The van der Waals surface area contributed by atoms with Crippen LogP contribution in [0.1, 0.15) is 26.7 Å². The topological polar surface area (TPSA) is 81.4 Å². The van der Waals surface area contributed by atoms with Gasteiger partial charge in [-0.1, -0.05) is 25.4 Å². The number of methoxy groups -OCH3 is 1. The smallest absolute Gasteiger partial charge is 0.244 e. The Morgan fingerprint density at radius 3 is 2.38 bits per heavy atom. The SMILES string of the molecule is CCC(N)(CC)CNS(=O)(=O)c1cc(Cl)ccc1OC.Cl. The molecular formula is C13H22Cl2N2O3S. The van der Waals surface area contributed by atoms with E-state index in [2.05, 4.69) is 4.72 Å². The van der Waals surface area contributed by atoms with Crippen LogP contribution in [0.15, 0.2) is 23.1 Å². The van der Waals surface area contributed by atoms with Crippen LogP contribution in [0.3, 0.4) is 0 Å². The Labute approximate surface area is 137 Å². The first kappa shape index (κ1) is 20.5. The number of hydrogen-bond acceptors (Lipinski definition) is 4. The van der Waals surface area contributed by atoms with Crippen LogP contribution in [0.2, 0.25) is 5.02 Å². The van der Waals surface area contributed by atoms with Crippen molar-refractivity contribution >= 4 is 34.0 Å². The number of benzene rings is 1. The van der Waals surface area contributed by atoms with Crippen molar-refractivity contribution in [1.29, 1.82) is 0 Å². The Hall–Kier alpha value is -0.530. The summed E-state index contributed by atoms with van der Waals surface area (Å²) in [7, 11) is -2.31. The van der Waals surface area contributed by atoms with Crippen molar-refractivity contribution in [1.82, 2.24) is 4.72 Å². The molecule has 1 aromatic rings. The predicted octanol–water partition coefficient (Wildman–Crippen LogP) is 2.57. The van der Waals surface area contributed by atoms with Crippen LogP contribution in [0, 0.1) is 0 Å². The lowest BCUT2D eigenvalue weighted by Crippen LogP contribution is -2.49. The highest BCUT2D eigenvalue weighted by Crippen LogP contribution is 2.27. The third kappa shape index (κ3) is 5.30. The largest absolute Gasteiger partial charge is 0.495 e. The molecular weight excluding hydrogens is 335 g/mol. The zero-order valence-electron chi connectivity index (χ0n) is 12.3. The number of rotatable bonds is 7. The molecule has 0 saturated carbocycles. The minimum atomic E-state index is -3.72. The number of sulfonamides is 1. The molecule has 0 spiro atoms. The standard InChI is InChI=1S/C13H21ClN2O3S.ClH/c1-4-13(15,5-2)9-16-20(17,18)12-8-10(14)6-7-11(12)19-3;/h6-8,16H,4-5,9,15H2,1-3H3;1H. The van der Waals surface area contributed by atoms with E-state index in [0.29, 0.717) is 17.9 Å². The Kier molecular flexibility index (Phi) is 7.99. The number of halogens is 2. The monoisotopic (exact) mass is 356 g/mol. The summed E-state index contributed by atoms with van der Waals surface area (Å²) in [4.78, 5) is 0.0158. The molecule has 0 aliphatic heterocycles. The van der Waals surface area contributed by atoms with Crippen molar-refractivity contribution in [2.24, 2.45) is 5.73 Å². The highest BCUT2D eigenvalue weighted by Gasteiger charge is 2.26. The van der Waals surface area contributed by atoms with E-state index < -0.39 is 15.6 Å². The van der Waals surface area contributed by atoms with E-state index in [1.165, 1.54) is 19.2 Å². The maximum atomic E-state index is 12.3. The molecule has 0 bridgehead atoms. The van der Waals surface area contributed by atoms with Gasteiger partial charge < -0.3 is 10.5 Å². The first-order valence-corrected chi connectivity index (χ1v) is 8.26. The van der Waals surface area contributed by atoms with Crippen molar-refractivity contribution in [2.75, 3.05) is 13.7 Å². The van der Waals surface area contributed by atoms with E-state index in [0.717, 1.165) is 0 Å². The summed E-state index contributed by atoms with van der Waals surface area (Å²) in [5.41, 5.74) is 5.54. The molecule has 0 unspecified atom stereocenters. The van der Waals surface area contributed by atoms with Gasteiger partial charge in [-0.2, -0.15) is 0 Å². The van der Waals surface area contributed by atoms with Gasteiger partial charge in [-0.25, -0.2) is 13.1 Å². The fourth-order valence-corrected chi connectivity index (χ4v) is 3.25. The lowest BCUT2D eigenvalue weighted by molar-refractivity contribution is 0.388. The summed E-state index contributed by atoms with van der Waals surface area (Å²) in [5.74, 6) is 0.248. The van der Waals surface area contributed by atoms with Crippen molar-refractivity contribution in [2.45, 2.75) is 37.1 Å². The maximum Gasteiger partial charge on any atom is 0.244 e. The predicted molar refractivity (Wildman–Crippen MR) is 87.9 cm³/mol. The van der Waals surface area contributed by atoms with E-state index >= 15 is 0 Å². The zero-order valence-corrected chi connectivity index (χ0v) is 14.7. The van der Waals surface area contributed by atoms with Crippen LogP contribution in [-0.2, 0) is 10.0 Å². The van der Waals surface area contributed by atoms with Gasteiger partial charge in [-0.15, -0.1) is 12.4 Å². The van der Waals surface area contributed by atoms with Gasteiger partial charge in [0.15, 0.2) is 0 Å². The van der Waals surface area contributed by atoms with Gasteiger partial charge in [0.25, 0.3) is 0 Å². The molecule has 0 saturated heterocycles. The highest BCUT2D eigenvalue weighted by molar-refractivity contribution is 7.89. The molecule has 8 heteroatoms. The van der Waals surface area contributed by atoms with Crippen LogP contribution in [0.4, 0.5) is 0 Å². The fraction of sp³-hybridized carbons (Fsp3) is 0.538. The van der Waals surface area contributed by atoms with Crippen LogP contribution in [-0.4, -0.2) is 27.6 Å². The summed E-state index contributed by atoms with van der Waals surface area (Å²) in [6.07, 6.45) is 1.36. The van der Waals surface area contributed by atoms with Gasteiger partial charge in [0.1, 0.15) is 10.6 Å². The summed E-state index contributed by atoms with van der Waals surface area (Å²) < 4.78 is 32.3. The van der Waals surface area contributed by atoms with Crippen LogP contribution in [0.25, 0.3) is 0 Å². The number of nitrogens with one attached hydrogen (secondary N) is 1. The Balaban J connectivity index is 0.00000400. The molecule has 0 amide bonds. The second kappa shape index (κ2) is 8.19. The van der Waals surface area contributed by atoms with Gasteiger partial charge in [-0.05, 0) is 31.0 Å². The Bertz CT molecular complexity index is 561. The van der Waals surface area contributed by atoms with Crippen molar-refractivity contribution in [3.05, 3.63) is 23.2 Å². The van der Waals surface area contributed by atoms with Crippen LogP contribution < -0.4 is 15.2 Å². The number of nitrogens with two attached hydrogens (primary N) is 1. The molecule has 1 rings (SSSR count). The van der Waals surface area contributed by atoms with Crippen LogP contribution in [0.5, 0.6) is 5.75 Å². The van der Waals surface area contributed by atoms with Gasteiger partial charge in [0.2, 0.25) is 10.0 Å². The maximum absolute atomic E-state index is 12.3. The van der Waals surface area contributed by atoms with Gasteiger partial charge >= 0.3 is 0 Å². The first-order valence-electron chi connectivity index (χ1n) is 6.40. The van der Waals surface area contributed by atoms with E-state index in [1.54, 1.807) is 6.07 Å². The average molecular weight is 357 g/mol. The second-order valence-electron chi connectivity index (χ2n) is 4.69. The molecule has 1 aromatic carbocycles. The van der Waals surface area contributed by atoms with Gasteiger partial charge in [0, 0.05) is 17.1 Å². The molecule has 0 heterocycles. The Morgan fingerprint density at radius 1 is 1.33 bits per heavy atom. The van der Waals surface area contributed by atoms with Crippen molar-refractivity contribution in [3.63, 3.8) is 0 Å². The molecule has 122 valence electrons. The minimum Gasteiger partial charge on any atom is -0.495 e. The summed E-state index contributed by atoms with van der Waals surface area (Å²) in [6, 6.07) is 4.45. The Morgan fingerprint density at radius 2 is 1.90 bits per heavy atom. The second-order valence-corrected chi connectivity index (χ2v) is 6.86. The molecule has 5 nitrogen and oxygen atoms in total. The highest BCUT2D eigenvalue weighted by atomic mass is 35.5. The molecule has 0 aromatic heterocycles. The van der Waals surface area contributed by atoms with Gasteiger partial charge in [0.05, 0.1) is 7.11 Å². The van der Waals surface area contributed by atoms with Crippen molar-refractivity contribution in [3.8, 4) is 5.75 Å². The molecule has 0 fully saturated rings.